The number of anilines is 1. The molecule has 1 spiro atoms. The highest BCUT2D eigenvalue weighted by molar-refractivity contribution is 6.31. The molecule has 15 heteroatoms. The lowest BCUT2D eigenvalue weighted by Crippen LogP contribution is -2.49. The number of halogens is 6. The number of hydrogen-bond donors (Lipinski definition) is 3. The first-order valence-corrected chi connectivity index (χ1v) is 16.1. The van der Waals surface area contributed by atoms with Crippen LogP contribution in [0.25, 0.3) is 0 Å². The summed E-state index contributed by atoms with van der Waals surface area (Å²) in [5, 5.41) is 17.3. The van der Waals surface area contributed by atoms with E-state index in [2.05, 4.69) is 26.1 Å². The van der Waals surface area contributed by atoms with Crippen molar-refractivity contribution in [3.63, 3.8) is 0 Å². The summed E-state index contributed by atoms with van der Waals surface area (Å²) in [6.45, 7) is 7.69. The Bertz CT molecular complexity index is 1710. The normalized spacial score (nSPS) is 24.4. The highest BCUT2D eigenvalue weighted by Gasteiger charge is 2.66. The summed E-state index contributed by atoms with van der Waals surface area (Å²) in [5.74, 6) is -2.16. The Morgan fingerprint density at radius 1 is 1.13 bits per heavy atom. The molecule has 1 aromatic heterocycles. The minimum absolute atomic E-state index is 0.120. The van der Waals surface area contributed by atoms with Crippen LogP contribution >= 0.6 is 23.2 Å². The summed E-state index contributed by atoms with van der Waals surface area (Å²) in [5.41, 5.74) is -0.378. The third-order valence-electron chi connectivity index (χ3n) is 9.22. The summed E-state index contributed by atoms with van der Waals surface area (Å²) in [4.78, 5) is 30.3. The fourth-order valence-electron chi connectivity index (χ4n) is 7.37. The van der Waals surface area contributed by atoms with Gasteiger partial charge >= 0.3 is 6.18 Å². The van der Waals surface area contributed by atoms with E-state index >= 15 is 4.39 Å². The molecule has 0 unspecified atom stereocenters. The van der Waals surface area contributed by atoms with Crippen molar-refractivity contribution in [1.82, 2.24) is 30.3 Å². The van der Waals surface area contributed by atoms with Crippen LogP contribution < -0.4 is 16.0 Å². The van der Waals surface area contributed by atoms with E-state index in [9.17, 15) is 22.8 Å². The molecule has 1 saturated heterocycles. The second-order valence-corrected chi connectivity index (χ2v) is 14.5. The summed E-state index contributed by atoms with van der Waals surface area (Å²) in [7, 11) is 0. The van der Waals surface area contributed by atoms with Crippen LogP contribution in [0.5, 0.6) is 0 Å². The number of carbonyl (C=O) groups is 2. The lowest BCUT2D eigenvalue weighted by molar-refractivity contribution is -0.129. The van der Waals surface area contributed by atoms with Crippen molar-refractivity contribution in [2.24, 2.45) is 5.41 Å². The first-order chi connectivity index (χ1) is 22.1. The highest BCUT2D eigenvalue weighted by atomic mass is 35.5. The van der Waals surface area contributed by atoms with E-state index in [1.165, 1.54) is 10.6 Å². The van der Waals surface area contributed by atoms with Crippen molar-refractivity contribution in [2.75, 3.05) is 25.0 Å². The lowest BCUT2D eigenvalue weighted by Gasteiger charge is -2.37. The van der Waals surface area contributed by atoms with E-state index in [0.717, 1.165) is 0 Å². The Hall–Kier alpha value is -3.26. The number of hydrogen-bond acceptors (Lipinski definition) is 6. The molecule has 1 fully saturated rings. The molecule has 9 nitrogen and oxygen atoms in total. The van der Waals surface area contributed by atoms with Gasteiger partial charge in [-0.15, -0.1) is 10.2 Å². The molecule has 3 N–H and O–H groups in total. The first kappa shape index (κ1) is 33.6. The number of nitrogens with one attached hydrogen (secondary N) is 3. The summed E-state index contributed by atoms with van der Waals surface area (Å²) >= 11 is 12.6. The molecular weight excluding hydrogens is 661 g/mol. The van der Waals surface area contributed by atoms with Gasteiger partial charge in [0.25, 0.3) is 0 Å². The Morgan fingerprint density at radius 3 is 2.62 bits per heavy atom. The monoisotopic (exact) mass is 695 g/mol. The third-order valence-corrected chi connectivity index (χ3v) is 9.74. The van der Waals surface area contributed by atoms with Crippen molar-refractivity contribution < 1.29 is 27.2 Å². The lowest BCUT2D eigenvalue weighted by atomic mass is 9.62. The molecule has 4 atom stereocenters. The van der Waals surface area contributed by atoms with Crippen molar-refractivity contribution in [1.29, 1.82) is 0 Å². The van der Waals surface area contributed by atoms with Crippen LogP contribution in [0.4, 0.5) is 23.2 Å². The van der Waals surface area contributed by atoms with Crippen molar-refractivity contribution in [2.45, 2.75) is 76.3 Å². The quantitative estimate of drug-likeness (QED) is 0.293. The molecule has 0 bridgehead atoms. The molecule has 3 aliphatic heterocycles. The van der Waals surface area contributed by atoms with Crippen LogP contribution in [0.3, 0.4) is 0 Å². The van der Waals surface area contributed by atoms with E-state index in [-0.39, 0.29) is 47.4 Å². The van der Waals surface area contributed by atoms with Crippen molar-refractivity contribution in [3.8, 4) is 0 Å². The molecule has 2 amide bonds. The van der Waals surface area contributed by atoms with Crippen molar-refractivity contribution in [3.05, 3.63) is 75.0 Å². The zero-order valence-electron chi connectivity index (χ0n) is 26.0. The average molecular weight is 697 g/mol. The number of rotatable bonds is 7. The van der Waals surface area contributed by atoms with Crippen LogP contribution in [-0.4, -0.2) is 69.4 Å². The number of benzene rings is 2. The van der Waals surface area contributed by atoms with Gasteiger partial charge in [-0.25, -0.2) is 4.39 Å². The number of amides is 2. The standard InChI is InChI=1S/C32H35Cl2F4N7O2/c1-30(2,3)14-22-32(19-8-7-17(33)13-21(19)40-29(32)47)25(18-5-4-6-20(34)26(18)35)27(41-22)28(46)39-9-10-44-11-12-45-23(15-31(36,37)38)42-43-24(45)16-44/h4-8,13,22,25,27,41H,9-12,14-16H2,1-3H3,(H,39,46)(H,40,47)/t22-,25+,27-,32+/m1/s1. The SMILES string of the molecule is CC(C)(C)C[C@H]1N[C@@H](C(=O)NCCN2CCn3c(nnc3CC(F)(F)F)C2)[C@H](c2cccc(Cl)c2F)[C@@]12C(=O)Nc1cc(Cl)ccc12. The molecule has 4 heterocycles. The Labute approximate surface area is 279 Å². The largest absolute Gasteiger partial charge is 0.396 e. The fraction of sp³-hybridized carbons (Fsp3) is 0.500. The fourth-order valence-corrected chi connectivity index (χ4v) is 7.72. The van der Waals surface area contributed by atoms with Gasteiger partial charge in [-0.1, -0.05) is 62.2 Å². The zero-order valence-corrected chi connectivity index (χ0v) is 27.5. The molecule has 3 aromatic rings. The maximum Gasteiger partial charge on any atom is 0.396 e. The third kappa shape index (κ3) is 6.34. The number of alkyl halides is 3. The minimum Gasteiger partial charge on any atom is -0.353 e. The molecule has 47 heavy (non-hydrogen) atoms. The Kier molecular flexibility index (Phi) is 8.82. The summed E-state index contributed by atoms with van der Waals surface area (Å²) in [6, 6.07) is 8.10. The second-order valence-electron chi connectivity index (χ2n) is 13.6. The Balaban J connectivity index is 1.28. The van der Waals surface area contributed by atoms with Gasteiger partial charge in [0, 0.05) is 48.8 Å². The summed E-state index contributed by atoms with van der Waals surface area (Å²) in [6.07, 6.45) is -5.05. The van der Waals surface area contributed by atoms with Gasteiger partial charge in [-0.2, -0.15) is 13.2 Å². The summed E-state index contributed by atoms with van der Waals surface area (Å²) < 4.78 is 56.2. The van der Waals surface area contributed by atoms with Crippen LogP contribution in [0.15, 0.2) is 36.4 Å². The molecule has 3 aliphatic rings. The smallest absolute Gasteiger partial charge is 0.353 e. The molecule has 6 rings (SSSR count). The maximum absolute atomic E-state index is 15.9. The maximum atomic E-state index is 15.9. The second kappa shape index (κ2) is 12.3. The van der Waals surface area contributed by atoms with E-state index in [1.54, 1.807) is 30.3 Å². The Morgan fingerprint density at radius 2 is 1.89 bits per heavy atom. The molecule has 2 aromatic carbocycles. The van der Waals surface area contributed by atoms with Crippen LogP contribution in [0.2, 0.25) is 10.0 Å². The van der Waals surface area contributed by atoms with Crippen molar-refractivity contribution >= 4 is 40.7 Å². The topological polar surface area (TPSA) is 104 Å². The minimum atomic E-state index is -4.38. The van der Waals surface area contributed by atoms with Gasteiger partial charge < -0.3 is 20.5 Å². The predicted octanol–water partition coefficient (Wildman–Crippen LogP) is 5.21. The van der Waals surface area contributed by atoms with Gasteiger partial charge in [-0.05, 0) is 41.2 Å². The zero-order chi connectivity index (χ0) is 33.9. The number of nitrogens with zero attached hydrogens (tertiary/aromatic N) is 4. The van der Waals surface area contributed by atoms with Crippen LogP contribution in [0, 0.1) is 11.2 Å². The molecule has 0 aliphatic carbocycles. The van der Waals surface area contributed by atoms with Gasteiger partial charge in [0.05, 0.1) is 17.6 Å². The first-order valence-electron chi connectivity index (χ1n) is 15.4. The molecular formula is C32H35Cl2F4N7O2. The van der Waals surface area contributed by atoms with Gasteiger partial charge in [0.1, 0.15) is 29.3 Å². The number of fused-ring (bicyclic) bond motifs is 3. The van der Waals surface area contributed by atoms with E-state index in [1.807, 2.05) is 25.7 Å². The van der Waals surface area contributed by atoms with E-state index in [4.69, 9.17) is 23.2 Å². The molecule has 252 valence electrons. The van der Waals surface area contributed by atoms with Gasteiger partial charge in [-0.3, -0.25) is 14.5 Å². The van der Waals surface area contributed by atoms with E-state index in [0.29, 0.717) is 41.6 Å². The predicted molar refractivity (Wildman–Crippen MR) is 169 cm³/mol. The number of carbonyl (C=O) groups excluding carboxylic acids is 2. The molecule has 0 saturated carbocycles. The van der Waals surface area contributed by atoms with E-state index < -0.39 is 47.7 Å². The number of aromatic nitrogens is 3. The highest BCUT2D eigenvalue weighted by Crippen LogP contribution is 2.57. The van der Waals surface area contributed by atoms with Gasteiger partial charge in [0.15, 0.2) is 0 Å². The average Bonchev–Trinajstić information content (AvgIpc) is 3.60. The van der Waals surface area contributed by atoms with Gasteiger partial charge in [0.2, 0.25) is 11.8 Å². The van der Waals surface area contributed by atoms with Crippen LogP contribution in [0.1, 0.15) is 55.9 Å². The molecule has 0 radical (unpaired) electrons. The van der Waals surface area contributed by atoms with Crippen LogP contribution in [-0.2, 0) is 34.5 Å².